The molecule has 2 aromatic carbocycles. The van der Waals surface area contributed by atoms with Crippen LogP contribution in [-0.4, -0.2) is 76.7 Å². The molecule has 6 heterocycles. The molecule has 14 nitrogen and oxygen atoms in total. The Balaban J connectivity index is 1.29. The first-order valence-corrected chi connectivity index (χ1v) is 31.0. The van der Waals surface area contributed by atoms with Gasteiger partial charge in [-0.05, 0) is 29.8 Å². The van der Waals surface area contributed by atoms with Crippen LogP contribution in [0, 0.1) is 0 Å². The zero-order valence-corrected chi connectivity index (χ0v) is 32.6. The first kappa shape index (κ1) is 30.8. The van der Waals surface area contributed by atoms with Crippen molar-refractivity contribution >= 4 is 81.9 Å². The molecule has 22 heteroatoms. The number of carbonyl (C=O) groups is 1. The highest BCUT2D eigenvalue weighted by molar-refractivity contribution is 7.04. The minimum Gasteiger partial charge on any atom is -0.489 e. The minimum atomic E-state index is -4.01. The molecule has 0 aromatic heterocycles. The zero-order valence-electron chi connectivity index (χ0n) is 24.6. The summed E-state index contributed by atoms with van der Waals surface area (Å²) in [6.07, 6.45) is 0.789. The molecule has 6 fully saturated rings. The number of hydrogen-bond acceptors (Lipinski definition) is 14. The molecule has 0 N–H and O–H groups in total. The molecule has 0 amide bonds. The molecule has 2 aromatic rings. The van der Waals surface area contributed by atoms with Crippen molar-refractivity contribution in [2.75, 3.05) is 0 Å². The van der Waals surface area contributed by atoms with E-state index in [0.29, 0.717) is 23.1 Å². The molecule has 8 bridgehead atoms. The third kappa shape index (κ3) is 5.82. The van der Waals surface area contributed by atoms with E-state index in [9.17, 15) is 4.79 Å². The molecule has 0 saturated carbocycles. The number of aldehydes is 1. The first-order valence-electron chi connectivity index (χ1n) is 13.7. The molecule has 232 valence electrons. The summed E-state index contributed by atoms with van der Waals surface area (Å²) in [6.45, 7) is 12.5. The lowest BCUT2D eigenvalue weighted by molar-refractivity contribution is -0.0157. The highest BCUT2D eigenvalue weighted by atomic mass is 28.6. The van der Waals surface area contributed by atoms with Gasteiger partial charge in [-0.2, -0.15) is 0 Å². The third-order valence-corrected chi connectivity index (χ3v) is 42.4. The van der Waals surface area contributed by atoms with Crippen LogP contribution in [0.25, 0.3) is 0 Å². The Morgan fingerprint density at radius 1 is 0.512 bits per heavy atom. The molecular weight excluding hydrogens is 701 g/mol. The number of ether oxygens (including phenoxy) is 1. The summed E-state index contributed by atoms with van der Waals surface area (Å²) in [5.74, 6) is 0.642. The van der Waals surface area contributed by atoms with Gasteiger partial charge in [0.25, 0.3) is 0 Å². The standard InChI is InChI=1S/C21H32O14Si8/c1-36-24-37(2)27-40(5)29-38(3,25-36)31-42(7)32-39(4,26-36)30-41(6,28-37)34-43(33-40,35-42)21-14-10-19(11-15-21)17-23-20-12-8-18(16-22)9-13-20/h8-16H,17H2,1-7H3. The fraction of sp³-hybridized carbons (Fsp3) is 0.381. The van der Waals surface area contributed by atoms with Crippen LogP contribution in [0.1, 0.15) is 15.9 Å². The highest BCUT2D eigenvalue weighted by Gasteiger charge is 2.79. The van der Waals surface area contributed by atoms with Crippen LogP contribution in [0.2, 0.25) is 45.8 Å². The smallest absolute Gasteiger partial charge is 0.489 e. The molecule has 6 aliphatic rings. The number of benzene rings is 2. The quantitative estimate of drug-likeness (QED) is 0.329. The van der Waals surface area contributed by atoms with E-state index in [0.717, 1.165) is 11.8 Å². The van der Waals surface area contributed by atoms with E-state index in [-0.39, 0.29) is 0 Å². The molecule has 0 atom stereocenters. The fourth-order valence-electron chi connectivity index (χ4n) is 6.05. The number of rotatable bonds is 5. The van der Waals surface area contributed by atoms with E-state index in [1.807, 2.05) is 24.3 Å². The van der Waals surface area contributed by atoms with Crippen molar-refractivity contribution in [3.8, 4) is 5.75 Å². The van der Waals surface area contributed by atoms with Gasteiger partial charge in [-0.15, -0.1) is 0 Å². The predicted molar refractivity (Wildman–Crippen MR) is 162 cm³/mol. The normalized spacial score (nSPS) is 46.8. The first-order chi connectivity index (χ1) is 20.0. The van der Waals surface area contributed by atoms with Gasteiger partial charge in [-0.1, -0.05) is 24.3 Å². The largest absolute Gasteiger partial charge is 0.515 e. The second-order valence-corrected chi connectivity index (χ2v) is 35.1. The van der Waals surface area contributed by atoms with Gasteiger partial charge in [-0.25, -0.2) is 0 Å². The Morgan fingerprint density at radius 3 is 1.21 bits per heavy atom. The van der Waals surface area contributed by atoms with Crippen LogP contribution in [0.3, 0.4) is 0 Å². The van der Waals surface area contributed by atoms with E-state index < -0.39 is 70.4 Å². The van der Waals surface area contributed by atoms with Crippen LogP contribution < -0.4 is 9.92 Å². The van der Waals surface area contributed by atoms with Gasteiger partial charge >= 0.3 is 70.4 Å². The van der Waals surface area contributed by atoms with Gasteiger partial charge in [0, 0.05) is 56.6 Å². The average molecular weight is 733 g/mol. The third-order valence-electron chi connectivity index (χ3n) is 7.03. The summed E-state index contributed by atoms with van der Waals surface area (Å²) in [7, 11) is -29.4. The monoisotopic (exact) mass is 732 g/mol. The van der Waals surface area contributed by atoms with Crippen LogP contribution in [0.4, 0.5) is 0 Å². The maximum absolute atomic E-state index is 10.9. The van der Waals surface area contributed by atoms with Gasteiger partial charge in [0.2, 0.25) is 0 Å². The summed E-state index contributed by atoms with van der Waals surface area (Å²) < 4.78 is 86.3. The van der Waals surface area contributed by atoms with Crippen molar-refractivity contribution in [1.82, 2.24) is 0 Å². The second kappa shape index (κ2) is 9.84. The van der Waals surface area contributed by atoms with Gasteiger partial charge in [0.1, 0.15) is 18.6 Å². The maximum atomic E-state index is 10.9. The topological polar surface area (TPSA) is 137 Å². The molecule has 6 aliphatic heterocycles. The SMILES string of the molecule is C[Si]12O[Si]3(C)O[Si]4(C)O[Si](C)(O1)O[Si]1(C)O[Si](C)(O2)O[Si](C)(O3)O[Si](c2ccc(COc3ccc(C=O)cc3)cc2)(O4)O1. The molecule has 0 aliphatic carbocycles. The van der Waals surface area contributed by atoms with Crippen molar-refractivity contribution in [1.29, 1.82) is 0 Å². The summed E-state index contributed by atoms with van der Waals surface area (Å²) >= 11 is 0. The summed E-state index contributed by atoms with van der Waals surface area (Å²) in [6, 6.07) is 14.4. The van der Waals surface area contributed by atoms with Gasteiger partial charge < -0.3 is 54.1 Å². The van der Waals surface area contributed by atoms with E-state index in [1.54, 1.807) is 70.1 Å². The van der Waals surface area contributed by atoms with Gasteiger partial charge in [0.15, 0.2) is 0 Å². The van der Waals surface area contributed by atoms with Crippen LogP contribution in [0.15, 0.2) is 48.5 Å². The Hall–Kier alpha value is -0.835. The van der Waals surface area contributed by atoms with E-state index in [1.165, 1.54) is 0 Å². The van der Waals surface area contributed by atoms with Crippen molar-refractivity contribution in [2.24, 2.45) is 0 Å². The van der Waals surface area contributed by atoms with Gasteiger partial charge in [0.05, 0.1) is 0 Å². The van der Waals surface area contributed by atoms with E-state index in [2.05, 4.69) is 0 Å². The summed E-state index contributed by atoms with van der Waals surface area (Å²) in [5, 5.41) is 0.617. The summed E-state index contributed by atoms with van der Waals surface area (Å²) in [5.41, 5.74) is 1.46. The van der Waals surface area contributed by atoms with Crippen LogP contribution in [-0.2, 0) is 56.0 Å². The van der Waals surface area contributed by atoms with Crippen LogP contribution >= 0.6 is 0 Å². The Bertz CT molecular complexity index is 1340. The lowest BCUT2D eigenvalue weighted by Gasteiger charge is -2.60. The highest BCUT2D eigenvalue weighted by Crippen LogP contribution is 2.47. The lowest BCUT2D eigenvalue weighted by Crippen LogP contribution is -2.87. The molecular formula is C21H32O14Si8. The van der Waals surface area contributed by atoms with Crippen LogP contribution in [0.5, 0.6) is 5.75 Å². The maximum Gasteiger partial charge on any atom is 0.515 e. The Kier molecular flexibility index (Phi) is 7.05. The average Bonchev–Trinajstić information content (AvgIpc) is 2.82. The second-order valence-electron chi connectivity index (χ2n) is 11.5. The van der Waals surface area contributed by atoms with Crippen molar-refractivity contribution < 1.29 is 58.9 Å². The minimum absolute atomic E-state index is 0.292. The lowest BCUT2D eigenvalue weighted by atomic mass is 10.2. The van der Waals surface area contributed by atoms with Crippen molar-refractivity contribution in [3.05, 3.63) is 59.7 Å². The zero-order chi connectivity index (χ0) is 30.6. The predicted octanol–water partition coefficient (Wildman–Crippen LogP) is 2.47. The number of carbonyl (C=O) groups excluding carboxylic acids is 1. The molecule has 0 unspecified atom stereocenters. The van der Waals surface area contributed by atoms with Crippen molar-refractivity contribution in [2.45, 2.75) is 52.4 Å². The Morgan fingerprint density at radius 2 is 0.860 bits per heavy atom. The molecule has 8 rings (SSSR count). The number of hydrogen-bond donors (Lipinski definition) is 0. The Labute approximate surface area is 257 Å². The molecule has 43 heavy (non-hydrogen) atoms. The van der Waals surface area contributed by atoms with Crippen molar-refractivity contribution in [3.63, 3.8) is 0 Å². The van der Waals surface area contributed by atoms with Gasteiger partial charge in [-0.3, -0.25) is 4.79 Å². The fourth-order valence-corrected chi connectivity index (χ4v) is 51.1. The molecule has 6 saturated heterocycles. The van der Waals surface area contributed by atoms with E-state index >= 15 is 0 Å². The molecule has 0 spiro atoms. The summed E-state index contributed by atoms with van der Waals surface area (Å²) in [4.78, 5) is 10.9. The van der Waals surface area contributed by atoms with E-state index in [4.69, 9.17) is 54.1 Å². The molecule has 0 radical (unpaired) electrons.